The van der Waals surface area contributed by atoms with Crippen LogP contribution in [-0.2, 0) is 0 Å². The maximum atomic E-state index is 5.35. The average molecular weight is 182 g/mol. The van der Waals surface area contributed by atoms with Gasteiger partial charge in [-0.05, 0) is 25.7 Å². The minimum absolute atomic E-state index is 0.143. The van der Waals surface area contributed by atoms with Crippen LogP contribution in [0.15, 0.2) is 4.42 Å². The molecule has 1 heterocycles. The summed E-state index contributed by atoms with van der Waals surface area (Å²) in [5.74, 6) is 0.813. The summed E-state index contributed by atoms with van der Waals surface area (Å²) < 4.78 is 5.15. The molecule has 72 valence electrons. The summed E-state index contributed by atoms with van der Waals surface area (Å²) in [6.07, 6.45) is 2.64. The topological polar surface area (TPSA) is 68.2 Å². The second kappa shape index (κ2) is 3.24. The predicted molar refractivity (Wildman–Crippen MR) is 49.3 cm³/mol. The Hall–Kier alpha value is -1.26. The Labute approximate surface area is 76.9 Å². The van der Waals surface area contributed by atoms with Crippen molar-refractivity contribution in [2.75, 3.05) is 23.7 Å². The third-order valence-electron chi connectivity index (χ3n) is 2.26. The Morgan fingerprint density at radius 1 is 1.54 bits per heavy atom. The molecule has 0 bridgehead atoms. The van der Waals surface area contributed by atoms with Crippen LogP contribution in [0.5, 0.6) is 0 Å². The van der Waals surface area contributed by atoms with Gasteiger partial charge in [-0.1, -0.05) is 10.2 Å². The Morgan fingerprint density at radius 2 is 2.31 bits per heavy atom. The fraction of sp³-hybridized carbons (Fsp3) is 0.750. The van der Waals surface area contributed by atoms with E-state index in [-0.39, 0.29) is 6.01 Å². The fourth-order valence-corrected chi connectivity index (χ4v) is 1.31. The normalized spacial score (nSPS) is 16.1. The number of anilines is 2. The Balaban J connectivity index is 2.01. The standard InChI is InChI=1S/C8H14N4O/c1-2-12(5-6-3-4-6)8-11-10-7(9)13-8/h6H,2-5H2,1H3,(H2,9,10). The van der Waals surface area contributed by atoms with E-state index in [9.17, 15) is 0 Å². The summed E-state index contributed by atoms with van der Waals surface area (Å²) in [5, 5.41) is 7.48. The lowest BCUT2D eigenvalue weighted by atomic mass is 10.4. The lowest BCUT2D eigenvalue weighted by molar-refractivity contribution is 0.543. The van der Waals surface area contributed by atoms with E-state index in [4.69, 9.17) is 10.2 Å². The van der Waals surface area contributed by atoms with E-state index in [2.05, 4.69) is 22.0 Å². The number of nitrogens with zero attached hydrogens (tertiary/aromatic N) is 3. The number of aromatic nitrogens is 2. The van der Waals surface area contributed by atoms with E-state index in [0.29, 0.717) is 6.01 Å². The molecule has 0 unspecified atom stereocenters. The van der Waals surface area contributed by atoms with Gasteiger partial charge in [0, 0.05) is 13.1 Å². The lowest BCUT2D eigenvalue weighted by Gasteiger charge is -2.16. The van der Waals surface area contributed by atoms with Gasteiger partial charge in [-0.15, -0.1) is 0 Å². The fourth-order valence-electron chi connectivity index (χ4n) is 1.31. The zero-order chi connectivity index (χ0) is 9.26. The quantitative estimate of drug-likeness (QED) is 0.748. The van der Waals surface area contributed by atoms with Gasteiger partial charge in [-0.25, -0.2) is 0 Å². The molecule has 0 spiro atoms. The molecule has 5 nitrogen and oxygen atoms in total. The highest BCUT2D eigenvalue weighted by atomic mass is 16.4. The highest BCUT2D eigenvalue weighted by Gasteiger charge is 2.25. The number of nitrogens with two attached hydrogens (primary N) is 1. The third kappa shape index (κ3) is 1.91. The number of hydrogen-bond donors (Lipinski definition) is 1. The molecule has 5 heteroatoms. The van der Waals surface area contributed by atoms with E-state index >= 15 is 0 Å². The van der Waals surface area contributed by atoms with Crippen molar-refractivity contribution in [2.24, 2.45) is 5.92 Å². The van der Waals surface area contributed by atoms with E-state index < -0.39 is 0 Å². The molecule has 2 rings (SSSR count). The van der Waals surface area contributed by atoms with Crippen LogP contribution in [0.2, 0.25) is 0 Å². The van der Waals surface area contributed by atoms with Gasteiger partial charge in [-0.2, -0.15) is 0 Å². The van der Waals surface area contributed by atoms with Crippen molar-refractivity contribution >= 4 is 12.0 Å². The predicted octanol–water partition coefficient (Wildman–Crippen LogP) is 0.888. The first-order valence-electron chi connectivity index (χ1n) is 4.63. The summed E-state index contributed by atoms with van der Waals surface area (Å²) in [6, 6.07) is 0.691. The van der Waals surface area contributed by atoms with Gasteiger partial charge in [0.2, 0.25) is 0 Å². The van der Waals surface area contributed by atoms with Gasteiger partial charge in [0.25, 0.3) is 0 Å². The molecule has 1 aliphatic rings. The van der Waals surface area contributed by atoms with Crippen molar-refractivity contribution in [3.8, 4) is 0 Å². The molecule has 13 heavy (non-hydrogen) atoms. The molecular weight excluding hydrogens is 168 g/mol. The summed E-state index contributed by atoms with van der Waals surface area (Å²) >= 11 is 0. The van der Waals surface area contributed by atoms with Crippen molar-refractivity contribution in [1.29, 1.82) is 0 Å². The van der Waals surface area contributed by atoms with Crippen LogP contribution in [0.4, 0.5) is 12.0 Å². The number of nitrogen functional groups attached to an aromatic ring is 1. The molecular formula is C8H14N4O. The highest BCUT2D eigenvalue weighted by molar-refractivity contribution is 5.27. The summed E-state index contributed by atoms with van der Waals surface area (Å²) in [7, 11) is 0. The molecule has 0 atom stereocenters. The van der Waals surface area contributed by atoms with Crippen molar-refractivity contribution < 1.29 is 4.42 Å². The van der Waals surface area contributed by atoms with Crippen molar-refractivity contribution in [2.45, 2.75) is 19.8 Å². The molecule has 0 amide bonds. The van der Waals surface area contributed by atoms with E-state index in [1.807, 2.05) is 0 Å². The molecule has 1 fully saturated rings. The van der Waals surface area contributed by atoms with Crippen LogP contribution in [0, 0.1) is 5.92 Å². The van der Waals surface area contributed by atoms with Gasteiger partial charge in [0.1, 0.15) is 0 Å². The minimum atomic E-state index is 0.143. The minimum Gasteiger partial charge on any atom is -0.390 e. The monoisotopic (exact) mass is 182 g/mol. The van der Waals surface area contributed by atoms with Crippen LogP contribution in [0.1, 0.15) is 19.8 Å². The second-order valence-corrected chi connectivity index (χ2v) is 3.40. The van der Waals surface area contributed by atoms with Crippen molar-refractivity contribution in [3.63, 3.8) is 0 Å². The summed E-state index contributed by atoms with van der Waals surface area (Å²) in [5.41, 5.74) is 5.35. The zero-order valence-electron chi connectivity index (χ0n) is 7.73. The highest BCUT2D eigenvalue weighted by Crippen LogP contribution is 2.31. The first kappa shape index (κ1) is 8.34. The Morgan fingerprint density at radius 3 is 2.77 bits per heavy atom. The second-order valence-electron chi connectivity index (χ2n) is 3.40. The molecule has 0 radical (unpaired) electrons. The molecule has 1 aromatic heterocycles. The third-order valence-corrected chi connectivity index (χ3v) is 2.26. The number of hydrogen-bond acceptors (Lipinski definition) is 5. The smallest absolute Gasteiger partial charge is 0.319 e. The maximum absolute atomic E-state index is 5.35. The molecule has 1 saturated carbocycles. The maximum Gasteiger partial charge on any atom is 0.319 e. The van der Waals surface area contributed by atoms with Crippen LogP contribution >= 0.6 is 0 Å². The lowest BCUT2D eigenvalue weighted by Crippen LogP contribution is -2.25. The van der Waals surface area contributed by atoms with Crippen LogP contribution in [0.25, 0.3) is 0 Å². The average Bonchev–Trinajstić information content (AvgIpc) is 2.84. The van der Waals surface area contributed by atoms with Crippen LogP contribution < -0.4 is 10.6 Å². The van der Waals surface area contributed by atoms with Gasteiger partial charge >= 0.3 is 12.0 Å². The largest absolute Gasteiger partial charge is 0.390 e. The zero-order valence-corrected chi connectivity index (χ0v) is 7.73. The van der Waals surface area contributed by atoms with E-state index in [1.165, 1.54) is 12.8 Å². The van der Waals surface area contributed by atoms with Crippen LogP contribution in [-0.4, -0.2) is 23.3 Å². The Bertz CT molecular complexity index is 281. The SMILES string of the molecule is CCN(CC1CC1)c1nnc(N)o1. The van der Waals surface area contributed by atoms with Crippen LogP contribution in [0.3, 0.4) is 0 Å². The molecule has 0 saturated heterocycles. The van der Waals surface area contributed by atoms with Gasteiger partial charge in [0.15, 0.2) is 0 Å². The molecule has 2 N–H and O–H groups in total. The van der Waals surface area contributed by atoms with Gasteiger partial charge in [-0.3, -0.25) is 0 Å². The van der Waals surface area contributed by atoms with E-state index in [0.717, 1.165) is 19.0 Å². The molecule has 1 aliphatic carbocycles. The summed E-state index contributed by atoms with van der Waals surface area (Å²) in [4.78, 5) is 2.07. The van der Waals surface area contributed by atoms with E-state index in [1.54, 1.807) is 0 Å². The molecule has 0 aromatic carbocycles. The van der Waals surface area contributed by atoms with Gasteiger partial charge < -0.3 is 15.1 Å². The first-order chi connectivity index (χ1) is 6.29. The Kier molecular flexibility index (Phi) is 2.08. The first-order valence-corrected chi connectivity index (χ1v) is 4.63. The molecule has 0 aliphatic heterocycles. The van der Waals surface area contributed by atoms with Crippen molar-refractivity contribution in [3.05, 3.63) is 0 Å². The molecule has 1 aromatic rings. The summed E-state index contributed by atoms with van der Waals surface area (Å²) in [6.45, 7) is 3.97. The van der Waals surface area contributed by atoms with Crippen molar-refractivity contribution in [1.82, 2.24) is 10.2 Å². The number of rotatable bonds is 4. The van der Waals surface area contributed by atoms with Gasteiger partial charge in [0.05, 0.1) is 0 Å².